The Hall–Kier alpha value is -2.71. The molecular formula is C17H15N3O3S2. The van der Waals surface area contributed by atoms with Crippen LogP contribution in [0.15, 0.2) is 70.5 Å². The van der Waals surface area contributed by atoms with Crippen molar-refractivity contribution in [1.82, 2.24) is 10.3 Å². The smallest absolute Gasteiger partial charge is 0.271 e. The van der Waals surface area contributed by atoms with E-state index in [2.05, 4.69) is 15.0 Å². The third-order valence-electron chi connectivity index (χ3n) is 3.36. The maximum atomic E-state index is 12.2. The van der Waals surface area contributed by atoms with Crippen molar-refractivity contribution in [2.24, 2.45) is 0 Å². The van der Waals surface area contributed by atoms with Crippen LogP contribution in [0.3, 0.4) is 0 Å². The van der Waals surface area contributed by atoms with Crippen molar-refractivity contribution in [1.29, 1.82) is 0 Å². The Kier molecular flexibility index (Phi) is 5.11. The number of anilines is 1. The second-order valence-corrected chi connectivity index (χ2v) is 8.01. The summed E-state index contributed by atoms with van der Waals surface area (Å²) in [5.74, 6) is -0.232. The third kappa shape index (κ3) is 4.43. The van der Waals surface area contributed by atoms with Crippen molar-refractivity contribution in [2.45, 2.75) is 10.8 Å². The third-order valence-corrected chi connectivity index (χ3v) is 6.14. The van der Waals surface area contributed by atoms with E-state index in [-0.39, 0.29) is 10.1 Å². The summed E-state index contributed by atoms with van der Waals surface area (Å²) in [5, 5.41) is 4.50. The number of sulfonamides is 1. The van der Waals surface area contributed by atoms with E-state index in [1.807, 2.05) is 12.1 Å². The number of rotatable bonds is 6. The van der Waals surface area contributed by atoms with Gasteiger partial charge in [0, 0.05) is 30.2 Å². The van der Waals surface area contributed by atoms with E-state index < -0.39 is 10.0 Å². The lowest BCUT2D eigenvalue weighted by Gasteiger charge is -2.08. The van der Waals surface area contributed by atoms with Crippen molar-refractivity contribution >= 4 is 33.0 Å². The molecular weight excluding hydrogens is 358 g/mol. The van der Waals surface area contributed by atoms with Crippen molar-refractivity contribution in [3.05, 3.63) is 77.4 Å². The first kappa shape index (κ1) is 17.1. The molecule has 2 aromatic heterocycles. The van der Waals surface area contributed by atoms with Crippen LogP contribution in [0.1, 0.15) is 15.9 Å². The van der Waals surface area contributed by atoms with Crippen molar-refractivity contribution < 1.29 is 13.2 Å². The summed E-state index contributed by atoms with van der Waals surface area (Å²) in [6.45, 7) is 0.397. The summed E-state index contributed by atoms with van der Waals surface area (Å²) in [4.78, 5) is 16.1. The van der Waals surface area contributed by atoms with Gasteiger partial charge in [-0.2, -0.15) is 0 Å². The maximum absolute atomic E-state index is 12.2. The largest absolute Gasteiger partial charge is 0.348 e. The molecule has 0 spiro atoms. The van der Waals surface area contributed by atoms with Crippen molar-refractivity contribution in [2.75, 3.05) is 4.72 Å². The van der Waals surface area contributed by atoms with Gasteiger partial charge >= 0.3 is 0 Å². The molecule has 2 heterocycles. The van der Waals surface area contributed by atoms with Gasteiger partial charge in [-0.3, -0.25) is 14.5 Å². The zero-order valence-electron chi connectivity index (χ0n) is 13.0. The molecule has 2 N–H and O–H groups in total. The van der Waals surface area contributed by atoms with Gasteiger partial charge in [0.2, 0.25) is 0 Å². The van der Waals surface area contributed by atoms with Crippen LogP contribution in [-0.2, 0) is 16.6 Å². The number of pyridine rings is 1. The average molecular weight is 373 g/mol. The summed E-state index contributed by atoms with van der Waals surface area (Å²) in [6, 6.07) is 13.1. The van der Waals surface area contributed by atoms with Crippen molar-refractivity contribution in [3.8, 4) is 0 Å². The molecule has 3 aromatic rings. The summed E-state index contributed by atoms with van der Waals surface area (Å²) >= 11 is 1.14. The first-order chi connectivity index (χ1) is 12.0. The van der Waals surface area contributed by atoms with Crippen LogP contribution in [-0.4, -0.2) is 19.3 Å². The number of aromatic nitrogens is 1. The highest BCUT2D eigenvalue weighted by atomic mass is 32.2. The minimum atomic E-state index is -3.59. The van der Waals surface area contributed by atoms with E-state index in [0.29, 0.717) is 17.8 Å². The SMILES string of the molecule is O=C(NCc1ccncc1)c1ccc(NS(=O)(=O)c2cccs2)cc1. The number of nitrogens with zero attached hydrogens (tertiary/aromatic N) is 1. The van der Waals surface area contributed by atoms with Crippen LogP contribution < -0.4 is 10.0 Å². The maximum Gasteiger partial charge on any atom is 0.271 e. The molecule has 0 aliphatic heterocycles. The molecule has 0 saturated heterocycles. The van der Waals surface area contributed by atoms with E-state index in [4.69, 9.17) is 0 Å². The van der Waals surface area contributed by atoms with Crippen LogP contribution in [0, 0.1) is 0 Å². The quantitative estimate of drug-likeness (QED) is 0.695. The highest BCUT2D eigenvalue weighted by molar-refractivity contribution is 7.94. The van der Waals surface area contributed by atoms with Gasteiger partial charge in [-0.25, -0.2) is 8.42 Å². The lowest BCUT2D eigenvalue weighted by molar-refractivity contribution is 0.0951. The molecule has 0 saturated carbocycles. The van der Waals surface area contributed by atoms with Gasteiger partial charge < -0.3 is 5.32 Å². The molecule has 0 radical (unpaired) electrons. The Morgan fingerprint density at radius 1 is 1.04 bits per heavy atom. The number of carbonyl (C=O) groups excluding carboxylic acids is 1. The highest BCUT2D eigenvalue weighted by Gasteiger charge is 2.15. The number of benzene rings is 1. The van der Waals surface area contributed by atoms with Crippen LogP contribution in [0.2, 0.25) is 0 Å². The minimum absolute atomic E-state index is 0.232. The number of thiophene rings is 1. The second kappa shape index (κ2) is 7.45. The fourth-order valence-corrected chi connectivity index (χ4v) is 4.15. The molecule has 6 nitrogen and oxygen atoms in total. The van der Waals surface area contributed by atoms with Crippen molar-refractivity contribution in [3.63, 3.8) is 0 Å². The van der Waals surface area contributed by atoms with E-state index in [1.165, 1.54) is 6.07 Å². The molecule has 1 aromatic carbocycles. The lowest BCUT2D eigenvalue weighted by Crippen LogP contribution is -2.22. The first-order valence-corrected chi connectivity index (χ1v) is 9.74. The van der Waals surface area contributed by atoms with Crippen LogP contribution >= 0.6 is 11.3 Å². The van der Waals surface area contributed by atoms with Crippen LogP contribution in [0.5, 0.6) is 0 Å². The minimum Gasteiger partial charge on any atom is -0.348 e. The monoisotopic (exact) mass is 373 g/mol. The zero-order valence-corrected chi connectivity index (χ0v) is 14.7. The second-order valence-electron chi connectivity index (χ2n) is 5.15. The predicted molar refractivity (Wildman–Crippen MR) is 97.0 cm³/mol. The molecule has 25 heavy (non-hydrogen) atoms. The Labute approximate surface area is 149 Å². The molecule has 0 bridgehead atoms. The highest BCUT2D eigenvalue weighted by Crippen LogP contribution is 2.20. The Balaban J connectivity index is 1.63. The van der Waals surface area contributed by atoms with E-state index in [1.54, 1.807) is 48.1 Å². The molecule has 3 rings (SSSR count). The molecule has 0 aliphatic carbocycles. The van der Waals surface area contributed by atoms with E-state index >= 15 is 0 Å². The Morgan fingerprint density at radius 3 is 2.40 bits per heavy atom. The molecule has 1 amide bonds. The topological polar surface area (TPSA) is 88.2 Å². The van der Waals surface area contributed by atoms with Crippen LogP contribution in [0.25, 0.3) is 0 Å². The van der Waals surface area contributed by atoms with Gasteiger partial charge in [-0.15, -0.1) is 11.3 Å². The summed E-state index contributed by atoms with van der Waals surface area (Å²) < 4.78 is 27.0. The molecule has 0 unspecified atom stereocenters. The number of amides is 1. The average Bonchev–Trinajstić information content (AvgIpc) is 3.17. The fraction of sp³-hybridized carbons (Fsp3) is 0.0588. The molecule has 128 valence electrons. The lowest BCUT2D eigenvalue weighted by atomic mass is 10.2. The summed E-state index contributed by atoms with van der Waals surface area (Å²) in [5.41, 5.74) is 1.80. The van der Waals surface area contributed by atoms with Gasteiger partial charge in [0.15, 0.2) is 0 Å². The summed E-state index contributed by atoms with van der Waals surface area (Å²) in [7, 11) is -3.59. The van der Waals surface area contributed by atoms with E-state index in [9.17, 15) is 13.2 Å². The molecule has 0 aliphatic rings. The molecule has 0 fully saturated rings. The fourth-order valence-electron chi connectivity index (χ4n) is 2.10. The zero-order chi connectivity index (χ0) is 17.7. The molecule has 0 atom stereocenters. The van der Waals surface area contributed by atoms with Gasteiger partial charge in [-0.05, 0) is 53.4 Å². The summed E-state index contributed by atoms with van der Waals surface area (Å²) in [6.07, 6.45) is 3.33. The predicted octanol–water partition coefficient (Wildman–Crippen LogP) is 2.87. The van der Waals surface area contributed by atoms with Gasteiger partial charge in [0.1, 0.15) is 4.21 Å². The van der Waals surface area contributed by atoms with Gasteiger partial charge in [0.25, 0.3) is 15.9 Å². The standard InChI is InChI=1S/C17H15N3O3S2/c21-17(19-12-13-7-9-18-10-8-13)14-3-5-15(6-4-14)20-25(22,23)16-2-1-11-24-16/h1-11,20H,12H2,(H,19,21). The number of hydrogen-bond acceptors (Lipinski definition) is 5. The number of nitrogens with one attached hydrogen (secondary N) is 2. The van der Waals surface area contributed by atoms with Gasteiger partial charge in [0.05, 0.1) is 0 Å². The molecule has 8 heteroatoms. The number of carbonyl (C=O) groups is 1. The van der Waals surface area contributed by atoms with Crippen LogP contribution in [0.4, 0.5) is 5.69 Å². The normalized spacial score (nSPS) is 11.0. The van der Waals surface area contributed by atoms with E-state index in [0.717, 1.165) is 16.9 Å². The Morgan fingerprint density at radius 2 is 1.76 bits per heavy atom. The number of hydrogen-bond donors (Lipinski definition) is 2. The first-order valence-electron chi connectivity index (χ1n) is 7.38. The van der Waals surface area contributed by atoms with Gasteiger partial charge in [-0.1, -0.05) is 6.07 Å². The Bertz CT molecular complexity index is 939.